The lowest BCUT2D eigenvalue weighted by molar-refractivity contribution is -0.151. The first kappa shape index (κ1) is 14.9. The van der Waals surface area contributed by atoms with Crippen LogP contribution in [0.15, 0.2) is 12.1 Å². The Kier molecular flexibility index (Phi) is 4.80. The van der Waals surface area contributed by atoms with Gasteiger partial charge in [0.15, 0.2) is 5.78 Å². The molecule has 0 aliphatic heterocycles. The van der Waals surface area contributed by atoms with Crippen LogP contribution in [0.2, 0.25) is 0 Å². The molecule has 1 aromatic rings. The molecule has 19 heavy (non-hydrogen) atoms. The molecule has 0 heterocycles. The topological polar surface area (TPSA) is 69.7 Å². The van der Waals surface area contributed by atoms with Crippen LogP contribution in [0.5, 0.6) is 5.75 Å². The second kappa shape index (κ2) is 6.13. The maximum absolute atomic E-state index is 12.0. The molecular formula is C14H16O5. The molecular weight excluding hydrogens is 248 g/mol. The Hall–Kier alpha value is -2.17. The van der Waals surface area contributed by atoms with Crippen LogP contribution in [0.1, 0.15) is 27.9 Å². The minimum atomic E-state index is -1.00. The smallest absolute Gasteiger partial charge is 0.374 e. The Labute approximate surface area is 111 Å². The fourth-order valence-corrected chi connectivity index (χ4v) is 1.74. The lowest BCUT2D eigenvalue weighted by Gasteiger charge is -2.10. The molecule has 0 saturated heterocycles. The molecule has 5 heteroatoms. The molecule has 0 fully saturated rings. The maximum atomic E-state index is 12.0. The highest BCUT2D eigenvalue weighted by Crippen LogP contribution is 2.23. The number of methoxy groups -OCH3 is 2. The number of benzene rings is 1. The Morgan fingerprint density at radius 2 is 1.68 bits per heavy atom. The van der Waals surface area contributed by atoms with Crippen LogP contribution in [-0.4, -0.2) is 31.8 Å². The van der Waals surface area contributed by atoms with Crippen molar-refractivity contribution in [3.63, 3.8) is 0 Å². The van der Waals surface area contributed by atoms with Gasteiger partial charge < -0.3 is 9.47 Å². The van der Waals surface area contributed by atoms with Gasteiger partial charge in [0.2, 0.25) is 5.78 Å². The molecule has 0 atom stereocenters. The second-order valence-electron chi connectivity index (χ2n) is 4.15. The number of Topliss-reactive ketones (excluding diaryl/α,β-unsaturated/α-hetero) is 2. The molecule has 0 unspecified atom stereocenters. The Morgan fingerprint density at radius 3 is 2.21 bits per heavy atom. The van der Waals surface area contributed by atoms with Gasteiger partial charge in [-0.05, 0) is 37.1 Å². The van der Waals surface area contributed by atoms with Crippen molar-refractivity contribution in [1.82, 2.24) is 0 Å². The Balaban J connectivity index is 2.98. The van der Waals surface area contributed by atoms with Crippen LogP contribution in [0.25, 0.3) is 0 Å². The molecule has 0 saturated carbocycles. The van der Waals surface area contributed by atoms with E-state index in [4.69, 9.17) is 4.74 Å². The molecule has 0 N–H and O–H groups in total. The van der Waals surface area contributed by atoms with Crippen molar-refractivity contribution >= 4 is 17.5 Å². The van der Waals surface area contributed by atoms with Crippen LogP contribution in [0.4, 0.5) is 0 Å². The number of hydrogen-bond donors (Lipinski definition) is 0. The van der Waals surface area contributed by atoms with Gasteiger partial charge in [-0.1, -0.05) is 0 Å². The number of ketones is 2. The summed E-state index contributed by atoms with van der Waals surface area (Å²) in [6, 6.07) is 3.38. The van der Waals surface area contributed by atoms with Gasteiger partial charge in [-0.25, -0.2) is 4.79 Å². The zero-order valence-corrected chi connectivity index (χ0v) is 11.4. The van der Waals surface area contributed by atoms with E-state index in [1.54, 1.807) is 33.1 Å². The van der Waals surface area contributed by atoms with Crippen LogP contribution in [-0.2, 0) is 14.3 Å². The van der Waals surface area contributed by atoms with Crippen molar-refractivity contribution in [1.29, 1.82) is 0 Å². The molecule has 0 bridgehead atoms. The second-order valence-corrected chi connectivity index (χ2v) is 4.15. The molecule has 0 aliphatic carbocycles. The van der Waals surface area contributed by atoms with Gasteiger partial charge in [0, 0.05) is 5.56 Å². The lowest BCUT2D eigenvalue weighted by atomic mass is 9.98. The predicted octanol–water partition coefficient (Wildman–Crippen LogP) is 1.63. The third kappa shape index (κ3) is 3.40. The van der Waals surface area contributed by atoms with Gasteiger partial charge in [0.25, 0.3) is 0 Å². The molecule has 5 nitrogen and oxygen atoms in total. The molecule has 1 rings (SSSR count). The summed E-state index contributed by atoms with van der Waals surface area (Å²) in [7, 11) is 2.65. The number of carbonyl (C=O) groups excluding carboxylic acids is 3. The number of ether oxygens (including phenoxy) is 2. The normalized spacial score (nSPS) is 9.89. The summed E-state index contributed by atoms with van der Waals surface area (Å²) in [6.45, 7) is 3.55. The average Bonchev–Trinajstić information content (AvgIpc) is 2.39. The molecule has 0 aromatic heterocycles. The fraction of sp³-hybridized carbons (Fsp3) is 0.357. The highest BCUT2D eigenvalue weighted by Gasteiger charge is 2.21. The standard InChI is InChI=1S/C14H16O5/c1-8-6-13(18-3)9(2)5-10(8)11(15)7-12(16)14(17)19-4/h5-6H,7H2,1-4H3. The first-order valence-electron chi connectivity index (χ1n) is 5.70. The minimum Gasteiger partial charge on any atom is -0.496 e. The van der Waals surface area contributed by atoms with E-state index in [2.05, 4.69) is 4.74 Å². The quantitative estimate of drug-likeness (QED) is 0.350. The third-order valence-electron chi connectivity index (χ3n) is 2.78. The average molecular weight is 264 g/mol. The fourth-order valence-electron chi connectivity index (χ4n) is 1.74. The maximum Gasteiger partial charge on any atom is 0.374 e. The van der Waals surface area contributed by atoms with Gasteiger partial charge >= 0.3 is 5.97 Å². The number of aryl methyl sites for hydroxylation is 2. The summed E-state index contributed by atoms with van der Waals surface area (Å²) in [5, 5.41) is 0. The molecule has 0 amide bonds. The third-order valence-corrected chi connectivity index (χ3v) is 2.78. The highest BCUT2D eigenvalue weighted by molar-refractivity contribution is 6.38. The van der Waals surface area contributed by atoms with Gasteiger partial charge in [0.1, 0.15) is 5.75 Å². The molecule has 0 aliphatic rings. The van der Waals surface area contributed by atoms with Crippen molar-refractivity contribution in [2.45, 2.75) is 20.3 Å². The summed E-state index contributed by atoms with van der Waals surface area (Å²) >= 11 is 0. The number of carbonyl (C=O) groups is 3. The van der Waals surface area contributed by atoms with E-state index in [-0.39, 0.29) is 0 Å². The van der Waals surface area contributed by atoms with Crippen LogP contribution < -0.4 is 4.74 Å². The number of rotatable bonds is 5. The number of hydrogen-bond acceptors (Lipinski definition) is 5. The van der Waals surface area contributed by atoms with E-state index in [1.165, 1.54) is 0 Å². The van der Waals surface area contributed by atoms with Gasteiger partial charge in [-0.2, -0.15) is 0 Å². The van der Waals surface area contributed by atoms with E-state index < -0.39 is 24.0 Å². The first-order valence-corrected chi connectivity index (χ1v) is 5.70. The zero-order chi connectivity index (χ0) is 14.6. The SMILES string of the molecule is COC(=O)C(=O)CC(=O)c1cc(C)c(OC)cc1C. The predicted molar refractivity (Wildman–Crippen MR) is 68.4 cm³/mol. The minimum absolute atomic E-state index is 0.404. The van der Waals surface area contributed by atoms with E-state index in [0.29, 0.717) is 16.9 Å². The van der Waals surface area contributed by atoms with E-state index in [9.17, 15) is 14.4 Å². The van der Waals surface area contributed by atoms with Gasteiger partial charge in [-0.3, -0.25) is 9.59 Å². The molecule has 102 valence electrons. The summed E-state index contributed by atoms with van der Waals surface area (Å²) in [6.07, 6.45) is -0.487. The first-order chi connectivity index (χ1) is 8.90. The van der Waals surface area contributed by atoms with Gasteiger partial charge in [-0.15, -0.1) is 0 Å². The van der Waals surface area contributed by atoms with Crippen molar-refractivity contribution in [2.75, 3.05) is 14.2 Å². The van der Waals surface area contributed by atoms with Crippen molar-refractivity contribution in [3.8, 4) is 5.75 Å². The van der Waals surface area contributed by atoms with Crippen molar-refractivity contribution in [2.24, 2.45) is 0 Å². The molecule has 0 spiro atoms. The molecule has 0 radical (unpaired) electrons. The summed E-state index contributed by atoms with van der Waals surface area (Å²) < 4.78 is 9.42. The zero-order valence-electron chi connectivity index (χ0n) is 11.4. The largest absolute Gasteiger partial charge is 0.496 e. The monoisotopic (exact) mass is 264 g/mol. The van der Waals surface area contributed by atoms with Crippen molar-refractivity contribution < 1.29 is 23.9 Å². The highest BCUT2D eigenvalue weighted by atomic mass is 16.5. The summed E-state index contributed by atoms with van der Waals surface area (Å²) in [5.74, 6) is -1.58. The van der Waals surface area contributed by atoms with E-state index in [1.807, 2.05) is 0 Å². The lowest BCUT2D eigenvalue weighted by Crippen LogP contribution is -2.19. The Bertz CT molecular complexity index is 531. The van der Waals surface area contributed by atoms with Crippen molar-refractivity contribution in [3.05, 3.63) is 28.8 Å². The van der Waals surface area contributed by atoms with E-state index in [0.717, 1.165) is 12.7 Å². The van der Waals surface area contributed by atoms with E-state index >= 15 is 0 Å². The summed E-state index contributed by atoms with van der Waals surface area (Å²) in [4.78, 5) is 34.3. The van der Waals surface area contributed by atoms with Crippen LogP contribution >= 0.6 is 0 Å². The van der Waals surface area contributed by atoms with Crippen LogP contribution in [0.3, 0.4) is 0 Å². The Morgan fingerprint density at radius 1 is 1.05 bits per heavy atom. The molecule has 1 aromatic carbocycles. The van der Waals surface area contributed by atoms with Gasteiger partial charge in [0.05, 0.1) is 20.6 Å². The van der Waals surface area contributed by atoms with Crippen LogP contribution in [0, 0.1) is 13.8 Å². The number of esters is 1. The summed E-state index contributed by atoms with van der Waals surface area (Å²) in [5.41, 5.74) is 1.91.